The number of hydrogen-bond acceptors (Lipinski definition) is 3. The van der Waals surface area contributed by atoms with Crippen LogP contribution in [0.3, 0.4) is 0 Å². The molecule has 0 radical (unpaired) electrons. The van der Waals surface area contributed by atoms with Crippen LogP contribution >= 0.6 is 11.3 Å². The lowest BCUT2D eigenvalue weighted by Gasteiger charge is -2.15. The summed E-state index contributed by atoms with van der Waals surface area (Å²) in [4.78, 5) is 5.89. The van der Waals surface area contributed by atoms with Crippen molar-refractivity contribution in [2.24, 2.45) is 5.92 Å². The Morgan fingerprint density at radius 1 is 1.69 bits per heavy atom. The molecule has 1 aliphatic carbocycles. The van der Waals surface area contributed by atoms with Crippen molar-refractivity contribution in [2.45, 2.75) is 32.6 Å². The van der Waals surface area contributed by atoms with E-state index in [9.17, 15) is 0 Å². The Kier molecular flexibility index (Phi) is 2.32. The third-order valence-corrected chi connectivity index (χ3v) is 3.58. The van der Waals surface area contributed by atoms with E-state index in [2.05, 4.69) is 18.0 Å². The van der Waals surface area contributed by atoms with Crippen LogP contribution in [0.2, 0.25) is 0 Å². The van der Waals surface area contributed by atoms with Gasteiger partial charge in [-0.15, -0.1) is 11.3 Å². The molecule has 0 aliphatic heterocycles. The second-order valence-electron chi connectivity index (χ2n) is 3.66. The van der Waals surface area contributed by atoms with Crippen LogP contribution in [-0.2, 0) is 19.3 Å². The van der Waals surface area contributed by atoms with Crippen molar-refractivity contribution in [3.63, 3.8) is 0 Å². The van der Waals surface area contributed by atoms with Crippen LogP contribution < -0.4 is 0 Å². The number of aromatic nitrogens is 1. The second-order valence-corrected chi connectivity index (χ2v) is 4.83. The van der Waals surface area contributed by atoms with E-state index in [0.29, 0.717) is 6.42 Å². The Morgan fingerprint density at radius 3 is 3.31 bits per heavy atom. The highest BCUT2D eigenvalue weighted by Gasteiger charge is 2.19. The zero-order valence-electron chi connectivity index (χ0n) is 7.71. The molecule has 1 atom stereocenters. The van der Waals surface area contributed by atoms with E-state index in [0.717, 1.165) is 17.3 Å². The van der Waals surface area contributed by atoms with Gasteiger partial charge in [0.1, 0.15) is 5.01 Å². The van der Waals surface area contributed by atoms with Crippen molar-refractivity contribution in [3.05, 3.63) is 15.6 Å². The molecule has 0 fully saturated rings. The van der Waals surface area contributed by atoms with Gasteiger partial charge in [0.15, 0.2) is 0 Å². The van der Waals surface area contributed by atoms with Crippen molar-refractivity contribution >= 4 is 11.3 Å². The summed E-state index contributed by atoms with van der Waals surface area (Å²) in [6, 6.07) is 2.15. The maximum atomic E-state index is 8.55. The van der Waals surface area contributed by atoms with E-state index in [-0.39, 0.29) is 0 Å². The van der Waals surface area contributed by atoms with E-state index in [4.69, 9.17) is 5.26 Å². The zero-order valence-corrected chi connectivity index (χ0v) is 8.52. The van der Waals surface area contributed by atoms with Gasteiger partial charge in [-0.05, 0) is 25.2 Å². The molecule has 0 spiro atoms. The van der Waals surface area contributed by atoms with Gasteiger partial charge in [0.2, 0.25) is 0 Å². The first-order valence-electron chi connectivity index (χ1n) is 4.64. The highest BCUT2D eigenvalue weighted by molar-refractivity contribution is 7.11. The quantitative estimate of drug-likeness (QED) is 0.684. The number of hydrogen-bond donors (Lipinski definition) is 0. The lowest BCUT2D eigenvalue weighted by Crippen LogP contribution is -2.09. The third kappa shape index (κ3) is 1.73. The van der Waals surface area contributed by atoms with Crippen LogP contribution in [0.15, 0.2) is 0 Å². The highest BCUT2D eigenvalue weighted by atomic mass is 32.1. The van der Waals surface area contributed by atoms with E-state index < -0.39 is 0 Å². The predicted molar refractivity (Wildman–Crippen MR) is 52.6 cm³/mol. The molecule has 0 amide bonds. The number of nitriles is 1. The first-order valence-corrected chi connectivity index (χ1v) is 5.45. The van der Waals surface area contributed by atoms with Crippen LogP contribution in [0.5, 0.6) is 0 Å². The monoisotopic (exact) mass is 192 g/mol. The fourth-order valence-electron chi connectivity index (χ4n) is 1.74. The standard InChI is InChI=1S/C10H12N2S/c1-7-2-3-8-9(6-7)13-10(12-8)4-5-11/h7H,2-4,6H2,1H3/t7-/m0/s1. The Balaban J connectivity index is 2.24. The number of thiazole rings is 1. The van der Waals surface area contributed by atoms with Crippen molar-refractivity contribution in [1.29, 1.82) is 5.26 Å². The number of fused-ring (bicyclic) bond motifs is 1. The summed E-state index contributed by atoms with van der Waals surface area (Å²) >= 11 is 1.73. The van der Waals surface area contributed by atoms with Gasteiger partial charge in [0, 0.05) is 4.88 Å². The maximum absolute atomic E-state index is 8.55. The maximum Gasteiger partial charge on any atom is 0.107 e. The molecule has 1 aromatic rings. The lowest BCUT2D eigenvalue weighted by molar-refractivity contribution is 0.501. The largest absolute Gasteiger partial charge is 0.245 e. The fourth-order valence-corrected chi connectivity index (χ4v) is 2.95. The van der Waals surface area contributed by atoms with E-state index >= 15 is 0 Å². The average molecular weight is 192 g/mol. The summed E-state index contributed by atoms with van der Waals surface area (Å²) in [7, 11) is 0. The molecule has 1 aromatic heterocycles. The summed E-state index contributed by atoms with van der Waals surface area (Å²) < 4.78 is 0. The molecule has 0 saturated carbocycles. The lowest BCUT2D eigenvalue weighted by atomic mass is 9.93. The molecule has 68 valence electrons. The summed E-state index contributed by atoms with van der Waals surface area (Å²) in [5.41, 5.74) is 1.26. The number of aryl methyl sites for hydroxylation is 1. The normalized spacial score (nSPS) is 20.8. The minimum Gasteiger partial charge on any atom is -0.245 e. The smallest absolute Gasteiger partial charge is 0.107 e. The molecule has 0 aromatic carbocycles. The SMILES string of the molecule is C[C@H]1CCc2nc(CC#N)sc2C1. The number of nitrogens with zero attached hydrogens (tertiary/aromatic N) is 2. The van der Waals surface area contributed by atoms with Gasteiger partial charge in [-0.1, -0.05) is 6.92 Å². The topological polar surface area (TPSA) is 36.7 Å². The van der Waals surface area contributed by atoms with Crippen molar-refractivity contribution < 1.29 is 0 Å². The van der Waals surface area contributed by atoms with E-state index in [1.54, 1.807) is 11.3 Å². The first kappa shape index (κ1) is 8.71. The van der Waals surface area contributed by atoms with E-state index in [1.807, 2.05) is 0 Å². The van der Waals surface area contributed by atoms with Gasteiger partial charge >= 0.3 is 0 Å². The van der Waals surface area contributed by atoms with Crippen LogP contribution in [0.4, 0.5) is 0 Å². The van der Waals surface area contributed by atoms with Gasteiger partial charge in [0.25, 0.3) is 0 Å². The molecule has 0 unspecified atom stereocenters. The molecule has 0 saturated heterocycles. The van der Waals surface area contributed by atoms with Crippen molar-refractivity contribution in [1.82, 2.24) is 4.98 Å². The van der Waals surface area contributed by atoms with Crippen molar-refractivity contribution in [3.8, 4) is 6.07 Å². The van der Waals surface area contributed by atoms with Gasteiger partial charge in [0.05, 0.1) is 18.2 Å². The molecule has 1 heterocycles. The molecule has 2 nitrogen and oxygen atoms in total. The summed E-state index contributed by atoms with van der Waals surface area (Å²) in [5.74, 6) is 0.794. The predicted octanol–water partition coefficient (Wildman–Crippen LogP) is 2.33. The van der Waals surface area contributed by atoms with Gasteiger partial charge in [-0.3, -0.25) is 0 Å². The molecule has 1 aliphatic rings. The van der Waals surface area contributed by atoms with Gasteiger partial charge in [-0.25, -0.2) is 4.98 Å². The molecule has 13 heavy (non-hydrogen) atoms. The molecule has 2 rings (SSSR count). The third-order valence-electron chi connectivity index (χ3n) is 2.46. The fraction of sp³-hybridized carbons (Fsp3) is 0.600. The van der Waals surface area contributed by atoms with Crippen LogP contribution in [0, 0.1) is 17.2 Å². The Labute approximate surface area is 82.2 Å². The average Bonchev–Trinajstić information content (AvgIpc) is 2.46. The second kappa shape index (κ2) is 3.47. The molecular weight excluding hydrogens is 180 g/mol. The summed E-state index contributed by atoms with van der Waals surface area (Å²) in [5, 5.41) is 9.55. The van der Waals surface area contributed by atoms with Crippen molar-refractivity contribution in [2.75, 3.05) is 0 Å². The van der Waals surface area contributed by atoms with Crippen LogP contribution in [-0.4, -0.2) is 4.98 Å². The Morgan fingerprint density at radius 2 is 2.54 bits per heavy atom. The Hall–Kier alpha value is -0.880. The first-order chi connectivity index (χ1) is 6.29. The van der Waals surface area contributed by atoms with Gasteiger partial charge in [-0.2, -0.15) is 5.26 Å². The summed E-state index contributed by atoms with van der Waals surface area (Å²) in [6.45, 7) is 2.28. The molecule has 0 bridgehead atoms. The van der Waals surface area contributed by atoms with Gasteiger partial charge < -0.3 is 0 Å². The zero-order chi connectivity index (χ0) is 9.26. The van der Waals surface area contributed by atoms with Crippen LogP contribution in [0.1, 0.15) is 28.9 Å². The van der Waals surface area contributed by atoms with E-state index in [1.165, 1.54) is 23.4 Å². The highest BCUT2D eigenvalue weighted by Crippen LogP contribution is 2.29. The minimum atomic E-state index is 0.478. The molecular formula is C10H12N2S. The molecule has 3 heteroatoms. The Bertz CT molecular complexity index is 348. The summed E-state index contributed by atoms with van der Waals surface area (Å²) in [6.07, 6.45) is 4.01. The minimum absolute atomic E-state index is 0.478. The molecule has 0 N–H and O–H groups in total. The number of rotatable bonds is 1. The van der Waals surface area contributed by atoms with Crippen LogP contribution in [0.25, 0.3) is 0 Å².